The molecule has 0 aliphatic carbocycles. The first kappa shape index (κ1) is 9.68. The van der Waals surface area contributed by atoms with Gasteiger partial charge in [-0.3, -0.25) is 0 Å². The van der Waals surface area contributed by atoms with Crippen molar-refractivity contribution in [2.75, 3.05) is 19.7 Å². The van der Waals surface area contributed by atoms with Crippen molar-refractivity contribution in [3.63, 3.8) is 0 Å². The number of nitrogens with zero attached hydrogens (tertiary/aromatic N) is 1. The van der Waals surface area contributed by atoms with E-state index in [1.807, 2.05) is 0 Å². The average molecular weight is 196 g/mol. The molecular weight excluding hydrogens is 180 g/mol. The summed E-state index contributed by atoms with van der Waals surface area (Å²) in [6.45, 7) is 2.20. The van der Waals surface area contributed by atoms with E-state index in [0.717, 1.165) is 18.8 Å². The third kappa shape index (κ3) is 2.13. The predicted molar refractivity (Wildman–Crippen MR) is 52.1 cm³/mol. The van der Waals surface area contributed by atoms with Gasteiger partial charge in [0.1, 0.15) is 6.26 Å². The molecule has 1 aliphatic heterocycles. The van der Waals surface area contributed by atoms with Gasteiger partial charge in [-0.25, -0.2) is 4.98 Å². The van der Waals surface area contributed by atoms with Crippen molar-refractivity contribution < 1.29 is 9.52 Å². The number of hydrogen-bond donors (Lipinski definition) is 2. The summed E-state index contributed by atoms with van der Waals surface area (Å²) in [7, 11) is 0. The molecule has 4 nitrogen and oxygen atoms in total. The number of aliphatic hydroxyl groups is 1. The lowest BCUT2D eigenvalue weighted by Gasteiger charge is -2.20. The molecule has 2 heterocycles. The quantitative estimate of drug-likeness (QED) is 0.746. The van der Waals surface area contributed by atoms with Gasteiger partial charge in [0.2, 0.25) is 0 Å². The molecular formula is C10H16N2O2. The van der Waals surface area contributed by atoms with Crippen molar-refractivity contribution in [3.05, 3.63) is 17.8 Å². The number of hydrogen-bond acceptors (Lipinski definition) is 4. The Morgan fingerprint density at radius 1 is 1.64 bits per heavy atom. The molecule has 0 bridgehead atoms. The molecule has 1 aromatic rings. The highest BCUT2D eigenvalue weighted by atomic mass is 16.3. The van der Waals surface area contributed by atoms with E-state index in [0.29, 0.717) is 18.2 Å². The van der Waals surface area contributed by atoms with Crippen molar-refractivity contribution in [2.24, 2.45) is 0 Å². The second-order valence-electron chi connectivity index (χ2n) is 3.68. The summed E-state index contributed by atoms with van der Waals surface area (Å²) in [5, 5.41) is 12.1. The molecule has 4 heteroatoms. The van der Waals surface area contributed by atoms with Gasteiger partial charge < -0.3 is 14.8 Å². The third-order valence-corrected chi connectivity index (χ3v) is 2.61. The molecule has 0 radical (unpaired) electrons. The van der Waals surface area contributed by atoms with Gasteiger partial charge in [-0.15, -0.1) is 0 Å². The first-order valence-corrected chi connectivity index (χ1v) is 5.16. The van der Waals surface area contributed by atoms with Crippen LogP contribution >= 0.6 is 0 Å². The van der Waals surface area contributed by atoms with Gasteiger partial charge in [0.25, 0.3) is 0 Å². The summed E-state index contributed by atoms with van der Waals surface area (Å²) < 4.78 is 5.26. The number of aliphatic hydroxyl groups excluding tert-OH is 1. The Morgan fingerprint density at radius 3 is 3.29 bits per heavy atom. The van der Waals surface area contributed by atoms with Crippen LogP contribution in [0.1, 0.15) is 30.3 Å². The van der Waals surface area contributed by atoms with Crippen molar-refractivity contribution in [1.29, 1.82) is 0 Å². The fourth-order valence-electron chi connectivity index (χ4n) is 1.83. The molecule has 0 spiro atoms. The summed E-state index contributed by atoms with van der Waals surface area (Å²) in [4.78, 5) is 4.36. The molecule has 2 rings (SSSR count). The minimum absolute atomic E-state index is 0.100. The summed E-state index contributed by atoms with van der Waals surface area (Å²) in [5.41, 5.74) is 1.03. The molecule has 78 valence electrons. The lowest BCUT2D eigenvalue weighted by atomic mass is 9.97. The fourth-order valence-corrected chi connectivity index (χ4v) is 1.83. The van der Waals surface area contributed by atoms with Crippen LogP contribution in [0.5, 0.6) is 0 Å². The zero-order chi connectivity index (χ0) is 9.80. The normalized spacial score (nSPS) is 22.5. The zero-order valence-electron chi connectivity index (χ0n) is 8.20. The van der Waals surface area contributed by atoms with Gasteiger partial charge in [0, 0.05) is 18.9 Å². The number of nitrogens with one attached hydrogen (secondary N) is 1. The summed E-state index contributed by atoms with van der Waals surface area (Å²) in [6.07, 6.45) is 4.62. The zero-order valence-corrected chi connectivity index (χ0v) is 8.20. The van der Waals surface area contributed by atoms with Crippen LogP contribution < -0.4 is 5.32 Å². The van der Waals surface area contributed by atoms with Gasteiger partial charge >= 0.3 is 0 Å². The van der Waals surface area contributed by atoms with Crippen LogP contribution in [0.4, 0.5) is 0 Å². The molecule has 14 heavy (non-hydrogen) atoms. The highest BCUT2D eigenvalue weighted by molar-refractivity contribution is 5.06. The molecule has 1 saturated heterocycles. The summed E-state index contributed by atoms with van der Waals surface area (Å²) in [5.74, 6) is 1.13. The van der Waals surface area contributed by atoms with Gasteiger partial charge in [-0.1, -0.05) is 0 Å². The van der Waals surface area contributed by atoms with Gasteiger partial charge in [-0.2, -0.15) is 0 Å². The molecule has 1 unspecified atom stereocenters. The van der Waals surface area contributed by atoms with E-state index in [9.17, 15) is 0 Å². The molecule has 0 amide bonds. The minimum atomic E-state index is 0.100. The van der Waals surface area contributed by atoms with Crippen molar-refractivity contribution >= 4 is 0 Å². The Kier molecular flexibility index (Phi) is 3.16. The Bertz CT molecular complexity index is 279. The number of aromatic nitrogens is 1. The van der Waals surface area contributed by atoms with E-state index in [2.05, 4.69) is 10.3 Å². The summed E-state index contributed by atoms with van der Waals surface area (Å²) in [6, 6.07) is 0. The maximum atomic E-state index is 8.73. The van der Waals surface area contributed by atoms with Crippen LogP contribution in [0, 0.1) is 0 Å². The van der Waals surface area contributed by atoms with E-state index < -0.39 is 0 Å². The van der Waals surface area contributed by atoms with Crippen LogP contribution in [0.25, 0.3) is 0 Å². The van der Waals surface area contributed by atoms with E-state index in [1.165, 1.54) is 12.8 Å². The van der Waals surface area contributed by atoms with Crippen molar-refractivity contribution in [1.82, 2.24) is 10.3 Å². The smallest absolute Gasteiger partial charge is 0.196 e. The van der Waals surface area contributed by atoms with Gasteiger partial charge in [-0.05, 0) is 19.4 Å². The van der Waals surface area contributed by atoms with Crippen molar-refractivity contribution in [2.45, 2.75) is 25.2 Å². The van der Waals surface area contributed by atoms with Gasteiger partial charge in [0.05, 0.1) is 12.3 Å². The Balaban J connectivity index is 2.00. The lowest BCUT2D eigenvalue weighted by molar-refractivity contribution is 0.285. The average Bonchev–Trinajstić information content (AvgIpc) is 2.68. The molecule has 1 aliphatic rings. The Morgan fingerprint density at radius 2 is 2.57 bits per heavy atom. The second kappa shape index (κ2) is 4.57. The topological polar surface area (TPSA) is 58.3 Å². The molecule has 2 N–H and O–H groups in total. The van der Waals surface area contributed by atoms with Crippen LogP contribution in [-0.4, -0.2) is 29.8 Å². The molecule has 1 fully saturated rings. The standard InChI is InChI=1S/C10H16N2O2/c13-5-3-10-12-9(7-14-10)8-2-1-4-11-6-8/h7-8,11,13H,1-6H2. The lowest BCUT2D eigenvalue weighted by Crippen LogP contribution is -2.28. The van der Waals surface area contributed by atoms with E-state index in [-0.39, 0.29) is 6.61 Å². The first-order valence-electron chi connectivity index (χ1n) is 5.16. The predicted octanol–water partition coefficient (Wildman–Crippen LogP) is 0.676. The summed E-state index contributed by atoms with van der Waals surface area (Å²) >= 11 is 0. The van der Waals surface area contributed by atoms with Crippen LogP contribution in [0.15, 0.2) is 10.7 Å². The van der Waals surface area contributed by atoms with E-state index >= 15 is 0 Å². The van der Waals surface area contributed by atoms with E-state index in [1.54, 1.807) is 6.26 Å². The molecule has 0 saturated carbocycles. The van der Waals surface area contributed by atoms with Crippen LogP contribution in [0.2, 0.25) is 0 Å². The van der Waals surface area contributed by atoms with E-state index in [4.69, 9.17) is 9.52 Å². The Labute approximate surface area is 83.3 Å². The van der Waals surface area contributed by atoms with Gasteiger partial charge in [0.15, 0.2) is 5.89 Å². The Hall–Kier alpha value is -0.870. The SMILES string of the molecule is OCCc1nc(C2CCCNC2)co1. The largest absolute Gasteiger partial charge is 0.449 e. The first-order chi connectivity index (χ1) is 6.90. The maximum Gasteiger partial charge on any atom is 0.196 e. The monoisotopic (exact) mass is 196 g/mol. The van der Waals surface area contributed by atoms with Crippen LogP contribution in [-0.2, 0) is 6.42 Å². The fraction of sp³-hybridized carbons (Fsp3) is 0.700. The minimum Gasteiger partial charge on any atom is -0.449 e. The highest BCUT2D eigenvalue weighted by Crippen LogP contribution is 2.22. The highest BCUT2D eigenvalue weighted by Gasteiger charge is 2.18. The van der Waals surface area contributed by atoms with Crippen LogP contribution in [0.3, 0.4) is 0 Å². The number of piperidine rings is 1. The van der Waals surface area contributed by atoms with Crippen molar-refractivity contribution in [3.8, 4) is 0 Å². The molecule has 1 atom stereocenters. The second-order valence-corrected chi connectivity index (χ2v) is 3.68. The molecule has 0 aromatic carbocycles. The number of rotatable bonds is 3. The third-order valence-electron chi connectivity index (χ3n) is 2.61. The maximum absolute atomic E-state index is 8.73. The molecule has 1 aromatic heterocycles. The number of oxazole rings is 1.